The van der Waals surface area contributed by atoms with Gasteiger partial charge in [-0.3, -0.25) is 9.78 Å². The zero-order chi connectivity index (χ0) is 15.5. The lowest BCUT2D eigenvalue weighted by Crippen LogP contribution is -2.47. The summed E-state index contributed by atoms with van der Waals surface area (Å²) in [5, 5.41) is 3.84. The van der Waals surface area contributed by atoms with E-state index in [1.165, 1.54) is 6.07 Å². The lowest BCUT2D eigenvalue weighted by atomic mass is 10.1. The molecule has 0 saturated carbocycles. The molecule has 1 aliphatic heterocycles. The summed E-state index contributed by atoms with van der Waals surface area (Å²) in [6.45, 7) is 4.17. The number of morpholine rings is 1. The molecule has 0 bridgehead atoms. The molecule has 0 aliphatic carbocycles. The molecule has 1 aromatic heterocycles. The number of hydrogen-bond donors (Lipinski definition) is 1. The van der Waals surface area contributed by atoms with Gasteiger partial charge >= 0.3 is 0 Å². The molecule has 116 valence electrons. The zero-order valence-electron chi connectivity index (χ0n) is 12.4. The van der Waals surface area contributed by atoms with Gasteiger partial charge in [-0.05, 0) is 19.1 Å². The van der Waals surface area contributed by atoms with Crippen molar-refractivity contribution in [1.29, 1.82) is 0 Å². The first-order chi connectivity index (χ1) is 10.7. The van der Waals surface area contributed by atoms with E-state index < -0.39 is 6.04 Å². The number of nitrogens with zero attached hydrogens (tertiary/aromatic N) is 2. The van der Waals surface area contributed by atoms with Gasteiger partial charge in [-0.2, -0.15) is 0 Å². The first-order valence-corrected chi connectivity index (χ1v) is 7.33. The quantitative estimate of drug-likeness (QED) is 0.942. The van der Waals surface area contributed by atoms with Crippen LogP contribution in [0.5, 0.6) is 0 Å². The lowest BCUT2D eigenvalue weighted by Gasteiger charge is -2.29. The molecule has 1 N–H and O–H groups in total. The van der Waals surface area contributed by atoms with Gasteiger partial charge in [0, 0.05) is 30.4 Å². The van der Waals surface area contributed by atoms with Crippen LogP contribution in [-0.4, -0.2) is 48.1 Å². The monoisotopic (exact) mass is 303 g/mol. The van der Waals surface area contributed by atoms with E-state index in [2.05, 4.69) is 10.3 Å². The third-order valence-corrected chi connectivity index (χ3v) is 3.79. The number of pyridine rings is 1. The molecular weight excluding hydrogens is 285 g/mol. The smallest absolute Gasteiger partial charge is 0.244 e. The minimum Gasteiger partial charge on any atom is -0.378 e. The molecule has 1 fully saturated rings. The van der Waals surface area contributed by atoms with Crippen LogP contribution in [0.2, 0.25) is 0 Å². The largest absolute Gasteiger partial charge is 0.378 e. The maximum absolute atomic E-state index is 13.8. The Bertz CT molecular complexity index is 686. The number of para-hydroxylation sites is 1. The molecule has 1 atom stereocenters. The van der Waals surface area contributed by atoms with Gasteiger partial charge in [-0.1, -0.05) is 12.1 Å². The molecule has 1 unspecified atom stereocenters. The maximum atomic E-state index is 13.8. The molecule has 2 heterocycles. The van der Waals surface area contributed by atoms with Gasteiger partial charge in [0.05, 0.1) is 13.2 Å². The number of carbonyl (C=O) groups is 1. The van der Waals surface area contributed by atoms with E-state index in [4.69, 9.17) is 4.74 Å². The Labute approximate surface area is 128 Å². The van der Waals surface area contributed by atoms with Crippen LogP contribution in [0.25, 0.3) is 10.9 Å². The minimum absolute atomic E-state index is 0.0182. The van der Waals surface area contributed by atoms with Crippen LogP contribution >= 0.6 is 0 Å². The molecule has 3 rings (SSSR count). The van der Waals surface area contributed by atoms with Crippen LogP contribution in [0.1, 0.15) is 6.92 Å². The van der Waals surface area contributed by atoms with Crippen molar-refractivity contribution in [2.24, 2.45) is 0 Å². The lowest BCUT2D eigenvalue weighted by molar-refractivity contribution is -0.135. The van der Waals surface area contributed by atoms with Gasteiger partial charge in [0.1, 0.15) is 17.4 Å². The van der Waals surface area contributed by atoms with Crippen LogP contribution < -0.4 is 5.32 Å². The molecule has 2 aromatic rings. The Balaban J connectivity index is 1.80. The summed E-state index contributed by atoms with van der Waals surface area (Å²) in [6, 6.07) is 6.16. The van der Waals surface area contributed by atoms with E-state index in [-0.39, 0.29) is 11.7 Å². The number of carbonyl (C=O) groups excluding carboxylic acids is 1. The van der Waals surface area contributed by atoms with Gasteiger partial charge in [0.15, 0.2) is 0 Å². The molecule has 1 amide bonds. The highest BCUT2D eigenvalue weighted by Gasteiger charge is 2.22. The molecular formula is C16H18FN3O2. The summed E-state index contributed by atoms with van der Waals surface area (Å²) >= 11 is 0. The maximum Gasteiger partial charge on any atom is 0.244 e. The number of aromatic nitrogens is 1. The Morgan fingerprint density at radius 3 is 2.91 bits per heavy atom. The standard InChI is InChI=1S/C16H18FN3O2/c1-11(16(21)20-7-9-22-10-8-20)19-14-5-6-18-15-12(14)3-2-4-13(15)17/h2-6,11H,7-10H2,1H3,(H,18,19). The fourth-order valence-electron chi connectivity index (χ4n) is 2.62. The van der Waals surface area contributed by atoms with Gasteiger partial charge in [0.2, 0.25) is 5.91 Å². The molecule has 0 radical (unpaired) electrons. The van der Waals surface area contributed by atoms with E-state index in [1.807, 2.05) is 6.92 Å². The second-order valence-electron chi connectivity index (χ2n) is 5.30. The van der Waals surface area contributed by atoms with Crippen molar-refractivity contribution >= 4 is 22.5 Å². The topological polar surface area (TPSA) is 54.5 Å². The number of hydrogen-bond acceptors (Lipinski definition) is 4. The minimum atomic E-state index is -0.396. The first kappa shape index (κ1) is 14.7. The average molecular weight is 303 g/mol. The number of halogens is 1. The second kappa shape index (κ2) is 6.27. The van der Waals surface area contributed by atoms with Crippen LogP contribution in [0, 0.1) is 5.82 Å². The Hall–Kier alpha value is -2.21. The summed E-state index contributed by atoms with van der Waals surface area (Å²) in [5.74, 6) is -0.349. The Morgan fingerprint density at radius 1 is 1.36 bits per heavy atom. The van der Waals surface area contributed by atoms with Crippen LogP contribution in [0.4, 0.5) is 10.1 Å². The summed E-state index contributed by atoms with van der Waals surface area (Å²) in [6.07, 6.45) is 1.54. The van der Waals surface area contributed by atoms with Gasteiger partial charge in [-0.15, -0.1) is 0 Å². The predicted molar refractivity (Wildman–Crippen MR) is 82.2 cm³/mol. The highest BCUT2D eigenvalue weighted by Crippen LogP contribution is 2.24. The molecule has 6 heteroatoms. The summed E-state index contributed by atoms with van der Waals surface area (Å²) in [5.41, 5.74) is 1.01. The van der Waals surface area contributed by atoms with Crippen LogP contribution in [0.15, 0.2) is 30.5 Å². The Morgan fingerprint density at radius 2 is 2.14 bits per heavy atom. The van der Waals surface area contributed by atoms with E-state index in [0.29, 0.717) is 42.9 Å². The number of benzene rings is 1. The summed E-state index contributed by atoms with van der Waals surface area (Å²) in [4.78, 5) is 18.3. The SMILES string of the molecule is CC(Nc1ccnc2c(F)cccc12)C(=O)N1CCOCC1. The summed E-state index contributed by atoms with van der Waals surface area (Å²) in [7, 11) is 0. The van der Waals surface area contributed by atoms with E-state index in [0.717, 1.165) is 0 Å². The van der Waals surface area contributed by atoms with Gasteiger partial charge in [-0.25, -0.2) is 4.39 Å². The van der Waals surface area contributed by atoms with E-state index in [9.17, 15) is 9.18 Å². The highest BCUT2D eigenvalue weighted by molar-refractivity contribution is 5.94. The normalized spacial score (nSPS) is 16.5. The van der Waals surface area contributed by atoms with Crippen molar-refractivity contribution in [1.82, 2.24) is 9.88 Å². The highest BCUT2D eigenvalue weighted by atomic mass is 19.1. The zero-order valence-corrected chi connectivity index (χ0v) is 12.4. The van der Waals surface area contributed by atoms with Crippen molar-refractivity contribution < 1.29 is 13.9 Å². The third kappa shape index (κ3) is 2.87. The van der Waals surface area contributed by atoms with Crippen LogP contribution in [-0.2, 0) is 9.53 Å². The molecule has 22 heavy (non-hydrogen) atoms. The van der Waals surface area contributed by atoms with Gasteiger partial charge in [0.25, 0.3) is 0 Å². The van der Waals surface area contributed by atoms with Crippen molar-refractivity contribution in [2.75, 3.05) is 31.6 Å². The summed E-state index contributed by atoms with van der Waals surface area (Å²) < 4.78 is 19.0. The first-order valence-electron chi connectivity index (χ1n) is 7.33. The molecule has 0 spiro atoms. The number of anilines is 1. The van der Waals surface area contributed by atoms with Crippen molar-refractivity contribution in [3.8, 4) is 0 Å². The van der Waals surface area contributed by atoms with E-state index >= 15 is 0 Å². The average Bonchev–Trinajstić information content (AvgIpc) is 2.56. The molecule has 1 aromatic carbocycles. The predicted octanol–water partition coefficient (Wildman–Crippen LogP) is 2.03. The molecule has 5 nitrogen and oxygen atoms in total. The van der Waals surface area contributed by atoms with Crippen molar-refractivity contribution in [2.45, 2.75) is 13.0 Å². The fourth-order valence-corrected chi connectivity index (χ4v) is 2.62. The number of nitrogens with one attached hydrogen (secondary N) is 1. The third-order valence-electron chi connectivity index (χ3n) is 3.79. The Kier molecular flexibility index (Phi) is 4.20. The van der Waals surface area contributed by atoms with Crippen molar-refractivity contribution in [3.63, 3.8) is 0 Å². The van der Waals surface area contributed by atoms with Crippen molar-refractivity contribution in [3.05, 3.63) is 36.3 Å². The van der Waals surface area contributed by atoms with Crippen LogP contribution in [0.3, 0.4) is 0 Å². The molecule has 1 aliphatic rings. The fraction of sp³-hybridized carbons (Fsp3) is 0.375. The van der Waals surface area contributed by atoms with Gasteiger partial charge < -0.3 is 15.0 Å². The number of ether oxygens (including phenoxy) is 1. The number of amides is 1. The number of fused-ring (bicyclic) bond motifs is 1. The van der Waals surface area contributed by atoms with E-state index in [1.54, 1.807) is 29.3 Å². The molecule has 1 saturated heterocycles. The second-order valence-corrected chi connectivity index (χ2v) is 5.30. The number of rotatable bonds is 3.